The Morgan fingerprint density at radius 3 is 1.47 bits per heavy atom. The van der Waals surface area contributed by atoms with E-state index < -0.39 is 59.9 Å². The van der Waals surface area contributed by atoms with Gasteiger partial charge in [-0.15, -0.1) is 0 Å². The Hall–Kier alpha value is -1.16. The molecular weight excluding hydrogens is 775 g/mol. The van der Waals surface area contributed by atoms with Crippen LogP contribution in [0.25, 0.3) is 0 Å². The van der Waals surface area contributed by atoms with Gasteiger partial charge in [0.05, 0.1) is 25.4 Å². The number of allylic oxidation sites excluding steroid dienone is 1. The molecule has 59 heavy (non-hydrogen) atoms. The molecule has 0 aromatic heterocycles. The Balaban J connectivity index is 2.47. The molecule has 0 saturated carbocycles. The van der Waals surface area contributed by atoms with E-state index in [9.17, 15) is 38.2 Å². The van der Waals surface area contributed by atoms with Gasteiger partial charge in [0.2, 0.25) is 5.91 Å². The zero-order valence-electron chi connectivity index (χ0n) is 37.3. The van der Waals surface area contributed by atoms with Crippen molar-refractivity contribution in [3.8, 4) is 0 Å². The molecular formula is C46H89NO11S. The SMILES string of the molecule is CCCCCCCCCCCCC/C=C/[C@@H](O)[C@H](CO[C@@H]1O[C@H](CO)[C@H](O)C(OS(=O)(=O)O)C1O)NC(=O)CCCCCCCCCCCCCCCCCCCCC. The number of ether oxygens (including phenoxy) is 2. The summed E-state index contributed by atoms with van der Waals surface area (Å²) in [7, 11) is -5.08. The predicted molar refractivity (Wildman–Crippen MR) is 236 cm³/mol. The van der Waals surface area contributed by atoms with Crippen LogP contribution in [-0.2, 0) is 28.9 Å². The summed E-state index contributed by atoms with van der Waals surface area (Å²) in [5.41, 5.74) is 0. The molecule has 0 aromatic carbocycles. The molecule has 0 radical (unpaired) electrons. The Bertz CT molecular complexity index is 1110. The number of nitrogens with one attached hydrogen (secondary N) is 1. The molecule has 1 aliphatic rings. The van der Waals surface area contributed by atoms with E-state index in [0.29, 0.717) is 6.42 Å². The highest BCUT2D eigenvalue weighted by atomic mass is 32.3. The molecule has 7 atom stereocenters. The van der Waals surface area contributed by atoms with E-state index in [0.717, 1.165) is 38.5 Å². The maximum absolute atomic E-state index is 13.0. The number of rotatable bonds is 41. The highest BCUT2D eigenvalue weighted by Crippen LogP contribution is 2.26. The van der Waals surface area contributed by atoms with Crippen molar-refractivity contribution < 1.29 is 51.8 Å². The molecule has 1 heterocycles. The van der Waals surface area contributed by atoms with Crippen LogP contribution in [0.15, 0.2) is 12.2 Å². The molecule has 0 bridgehead atoms. The van der Waals surface area contributed by atoms with Crippen LogP contribution in [0.5, 0.6) is 0 Å². The van der Waals surface area contributed by atoms with Crippen LogP contribution in [0, 0.1) is 0 Å². The number of aliphatic hydroxyl groups is 4. The molecule has 0 aromatic rings. The average Bonchev–Trinajstić information content (AvgIpc) is 3.20. The van der Waals surface area contributed by atoms with Gasteiger partial charge < -0.3 is 35.2 Å². The van der Waals surface area contributed by atoms with Crippen molar-refractivity contribution in [2.75, 3.05) is 13.2 Å². The minimum atomic E-state index is -5.08. The quantitative estimate of drug-likeness (QED) is 0.0195. The fraction of sp³-hybridized carbons (Fsp3) is 0.935. The molecule has 12 nitrogen and oxygen atoms in total. The summed E-state index contributed by atoms with van der Waals surface area (Å²) in [6.45, 7) is 3.39. The van der Waals surface area contributed by atoms with Crippen LogP contribution in [0.2, 0.25) is 0 Å². The van der Waals surface area contributed by atoms with Crippen LogP contribution in [0.1, 0.15) is 219 Å². The zero-order valence-corrected chi connectivity index (χ0v) is 38.1. The molecule has 0 spiro atoms. The third-order valence-corrected chi connectivity index (χ3v) is 12.0. The van der Waals surface area contributed by atoms with Crippen molar-refractivity contribution in [2.24, 2.45) is 0 Å². The highest BCUT2D eigenvalue weighted by Gasteiger charge is 2.48. The first-order chi connectivity index (χ1) is 28.5. The molecule has 1 rings (SSSR count). The number of carbonyl (C=O) groups excluding carboxylic acids is 1. The number of unbranched alkanes of at least 4 members (excludes halogenated alkanes) is 29. The number of aliphatic hydroxyl groups excluding tert-OH is 4. The molecule has 1 amide bonds. The Morgan fingerprint density at radius 2 is 1.07 bits per heavy atom. The lowest BCUT2D eigenvalue weighted by molar-refractivity contribution is -0.298. The van der Waals surface area contributed by atoms with Crippen molar-refractivity contribution >= 4 is 16.3 Å². The molecule has 1 saturated heterocycles. The maximum atomic E-state index is 13.0. The second-order valence-corrected chi connectivity index (χ2v) is 18.1. The standard InChI is InChI=1S/C46H89NO11S/c1-3-5-7-9-11-13-15-17-18-19-20-21-22-24-26-28-30-32-34-36-42(50)47-39(40(49)35-33-31-29-27-25-23-16-14-12-10-8-6-4-2)38-56-46-44(52)45(58-59(53,54)55)43(51)41(37-48)57-46/h33,35,39-41,43-46,48-49,51-52H,3-32,34,36-38H2,1-2H3,(H,47,50)(H,53,54,55)/b35-33+/t39-,40+,41+,43-,44?,45?,46+/m0/s1. The van der Waals surface area contributed by atoms with Gasteiger partial charge in [-0.2, -0.15) is 8.42 Å². The summed E-state index contributed by atoms with van der Waals surface area (Å²) in [5, 5.41) is 44.7. The lowest BCUT2D eigenvalue weighted by Crippen LogP contribution is -2.61. The largest absolute Gasteiger partial charge is 0.397 e. The van der Waals surface area contributed by atoms with Gasteiger partial charge in [0.25, 0.3) is 0 Å². The summed E-state index contributed by atoms with van der Waals surface area (Å²) < 4.78 is 47.6. The first-order valence-electron chi connectivity index (χ1n) is 24.1. The van der Waals surface area contributed by atoms with Crippen LogP contribution in [0.4, 0.5) is 0 Å². The van der Waals surface area contributed by atoms with Crippen molar-refractivity contribution in [1.29, 1.82) is 0 Å². The van der Waals surface area contributed by atoms with Gasteiger partial charge >= 0.3 is 10.4 Å². The van der Waals surface area contributed by atoms with Crippen molar-refractivity contribution in [3.05, 3.63) is 12.2 Å². The molecule has 2 unspecified atom stereocenters. The van der Waals surface area contributed by atoms with Gasteiger partial charge in [0.1, 0.15) is 24.4 Å². The Morgan fingerprint density at radius 1 is 0.661 bits per heavy atom. The minimum Gasteiger partial charge on any atom is -0.394 e. The van der Waals surface area contributed by atoms with Crippen molar-refractivity contribution in [3.63, 3.8) is 0 Å². The highest BCUT2D eigenvalue weighted by molar-refractivity contribution is 7.80. The molecule has 350 valence electrons. The summed E-state index contributed by atoms with van der Waals surface area (Å²) in [6.07, 6.45) is 32.5. The second kappa shape index (κ2) is 37.4. The predicted octanol–water partition coefficient (Wildman–Crippen LogP) is 9.55. The van der Waals surface area contributed by atoms with Gasteiger partial charge in [0.15, 0.2) is 6.29 Å². The smallest absolute Gasteiger partial charge is 0.394 e. The lowest BCUT2D eigenvalue weighted by atomic mass is 9.99. The van der Waals surface area contributed by atoms with Crippen LogP contribution >= 0.6 is 0 Å². The first-order valence-corrected chi connectivity index (χ1v) is 25.4. The summed E-state index contributed by atoms with van der Waals surface area (Å²) in [4.78, 5) is 13.0. The third-order valence-electron chi connectivity index (χ3n) is 11.6. The van der Waals surface area contributed by atoms with Crippen molar-refractivity contribution in [1.82, 2.24) is 5.32 Å². The van der Waals surface area contributed by atoms with E-state index in [-0.39, 0.29) is 18.9 Å². The lowest BCUT2D eigenvalue weighted by Gasteiger charge is -2.41. The van der Waals surface area contributed by atoms with E-state index in [1.807, 2.05) is 6.08 Å². The minimum absolute atomic E-state index is 0.260. The summed E-state index contributed by atoms with van der Waals surface area (Å²) >= 11 is 0. The van der Waals surface area contributed by atoms with Crippen LogP contribution < -0.4 is 5.32 Å². The molecule has 13 heteroatoms. The van der Waals surface area contributed by atoms with Crippen molar-refractivity contribution in [2.45, 2.75) is 262 Å². The topological polar surface area (TPSA) is 192 Å². The maximum Gasteiger partial charge on any atom is 0.397 e. The van der Waals surface area contributed by atoms with Gasteiger partial charge in [-0.05, 0) is 19.3 Å². The van der Waals surface area contributed by atoms with E-state index in [1.54, 1.807) is 6.08 Å². The third kappa shape index (κ3) is 30.5. The zero-order chi connectivity index (χ0) is 43.4. The van der Waals surface area contributed by atoms with E-state index in [1.165, 1.54) is 154 Å². The normalized spacial score (nSPS) is 21.0. The molecule has 6 N–H and O–H groups in total. The molecule has 0 aliphatic carbocycles. The Kier molecular flexibility index (Phi) is 35.4. The summed E-state index contributed by atoms with van der Waals surface area (Å²) in [5.74, 6) is -0.260. The van der Waals surface area contributed by atoms with E-state index in [2.05, 4.69) is 23.3 Å². The fourth-order valence-electron chi connectivity index (χ4n) is 7.81. The monoisotopic (exact) mass is 864 g/mol. The van der Waals surface area contributed by atoms with Gasteiger partial charge in [0, 0.05) is 6.42 Å². The van der Waals surface area contributed by atoms with Gasteiger partial charge in [-0.3, -0.25) is 9.35 Å². The molecule has 1 aliphatic heterocycles. The number of carbonyl (C=O) groups is 1. The number of hydrogen-bond acceptors (Lipinski definition) is 10. The first kappa shape index (κ1) is 55.9. The Labute approximate surface area is 360 Å². The van der Waals surface area contributed by atoms with Crippen LogP contribution in [-0.4, -0.2) is 95.4 Å². The van der Waals surface area contributed by atoms with E-state index in [4.69, 9.17) is 9.47 Å². The van der Waals surface area contributed by atoms with Gasteiger partial charge in [-0.25, -0.2) is 4.18 Å². The van der Waals surface area contributed by atoms with E-state index >= 15 is 0 Å². The second-order valence-electron chi connectivity index (χ2n) is 17.1. The van der Waals surface area contributed by atoms with Crippen LogP contribution in [0.3, 0.4) is 0 Å². The number of amides is 1. The fourth-order valence-corrected chi connectivity index (χ4v) is 8.32. The number of hydrogen-bond donors (Lipinski definition) is 6. The average molecular weight is 864 g/mol. The summed E-state index contributed by atoms with van der Waals surface area (Å²) in [6, 6.07) is -0.937. The molecule has 1 fully saturated rings. The van der Waals surface area contributed by atoms with Gasteiger partial charge in [-0.1, -0.05) is 206 Å².